The Balaban J connectivity index is 2.41. The number of hydrogen-bond acceptors (Lipinski definition) is 5. The average Bonchev–Trinajstić information content (AvgIpc) is 2.47. The highest BCUT2D eigenvalue weighted by atomic mass is 16.6. The first-order chi connectivity index (χ1) is 10.4. The molecule has 0 aliphatic rings. The number of nitro benzene ring substituents is 2. The van der Waals surface area contributed by atoms with E-state index in [4.69, 9.17) is 5.11 Å². The summed E-state index contributed by atoms with van der Waals surface area (Å²) < 4.78 is 0. The number of nitro groups is 2. The van der Waals surface area contributed by atoms with Crippen LogP contribution in [0.3, 0.4) is 0 Å². The molecule has 0 fully saturated rings. The van der Waals surface area contributed by atoms with Gasteiger partial charge < -0.3 is 5.11 Å². The van der Waals surface area contributed by atoms with E-state index in [1.807, 2.05) is 0 Å². The lowest BCUT2D eigenvalue weighted by Gasteiger charge is -2.06. The summed E-state index contributed by atoms with van der Waals surface area (Å²) in [6.07, 6.45) is 0.126. The van der Waals surface area contributed by atoms with Crippen LogP contribution in [0.15, 0.2) is 42.5 Å². The van der Waals surface area contributed by atoms with Crippen LogP contribution in [-0.4, -0.2) is 20.9 Å². The van der Waals surface area contributed by atoms with Crippen LogP contribution in [0.25, 0.3) is 0 Å². The maximum atomic E-state index is 11.2. The number of non-ortho nitro benzene ring substituents is 2. The Morgan fingerprint density at radius 1 is 1.00 bits per heavy atom. The molecule has 0 aromatic heterocycles. The van der Waals surface area contributed by atoms with Crippen LogP contribution in [0, 0.1) is 20.2 Å². The van der Waals surface area contributed by atoms with E-state index in [1.54, 1.807) is 6.07 Å². The van der Waals surface area contributed by atoms with E-state index in [9.17, 15) is 25.0 Å². The van der Waals surface area contributed by atoms with Crippen molar-refractivity contribution in [2.75, 3.05) is 0 Å². The minimum absolute atomic E-state index is 0.101. The Labute approximate surface area is 123 Å². The third kappa shape index (κ3) is 3.23. The van der Waals surface area contributed by atoms with E-state index < -0.39 is 15.8 Å². The molecule has 0 aliphatic carbocycles. The lowest BCUT2D eigenvalue weighted by Crippen LogP contribution is -2.04. The molecule has 0 amide bonds. The van der Waals surface area contributed by atoms with Crippen LogP contribution in [0.1, 0.15) is 21.5 Å². The maximum absolute atomic E-state index is 11.2. The molecule has 22 heavy (non-hydrogen) atoms. The van der Waals surface area contributed by atoms with E-state index in [0.717, 1.165) is 6.07 Å². The van der Waals surface area contributed by atoms with Gasteiger partial charge >= 0.3 is 5.97 Å². The van der Waals surface area contributed by atoms with Gasteiger partial charge in [-0.3, -0.25) is 20.2 Å². The second-order valence-corrected chi connectivity index (χ2v) is 4.51. The van der Waals surface area contributed by atoms with Gasteiger partial charge in [-0.15, -0.1) is 0 Å². The standard InChI is InChI=1S/C14H10N2O6/c17-14(18)13-8-12(16(21)22)5-4-10(13)6-9-2-1-3-11(7-9)15(19)20/h1-5,7-8H,6H2,(H,17,18). The van der Waals surface area contributed by atoms with Crippen molar-refractivity contribution in [3.63, 3.8) is 0 Å². The number of nitrogens with zero attached hydrogens (tertiary/aromatic N) is 2. The van der Waals surface area contributed by atoms with Crippen LogP contribution < -0.4 is 0 Å². The summed E-state index contributed by atoms with van der Waals surface area (Å²) in [6.45, 7) is 0. The minimum Gasteiger partial charge on any atom is -0.478 e. The van der Waals surface area contributed by atoms with Crippen LogP contribution in [0.5, 0.6) is 0 Å². The molecule has 0 radical (unpaired) electrons. The summed E-state index contributed by atoms with van der Waals surface area (Å²) in [5.41, 5.74) is 0.279. The highest BCUT2D eigenvalue weighted by Crippen LogP contribution is 2.22. The van der Waals surface area contributed by atoms with Gasteiger partial charge in [-0.25, -0.2) is 4.79 Å². The lowest BCUT2D eigenvalue weighted by atomic mass is 9.99. The number of hydrogen-bond donors (Lipinski definition) is 1. The molecule has 0 unspecified atom stereocenters. The number of benzene rings is 2. The van der Waals surface area contributed by atoms with E-state index in [0.29, 0.717) is 11.1 Å². The largest absolute Gasteiger partial charge is 0.478 e. The smallest absolute Gasteiger partial charge is 0.336 e. The van der Waals surface area contributed by atoms with E-state index in [-0.39, 0.29) is 23.4 Å². The zero-order valence-electron chi connectivity index (χ0n) is 11.1. The van der Waals surface area contributed by atoms with Gasteiger partial charge in [0.2, 0.25) is 0 Å². The van der Waals surface area contributed by atoms with Gasteiger partial charge in [-0.1, -0.05) is 18.2 Å². The zero-order valence-corrected chi connectivity index (χ0v) is 11.1. The quantitative estimate of drug-likeness (QED) is 0.669. The van der Waals surface area contributed by atoms with Gasteiger partial charge in [0, 0.05) is 24.3 Å². The van der Waals surface area contributed by atoms with Crippen LogP contribution in [-0.2, 0) is 6.42 Å². The molecule has 0 aliphatic heterocycles. The fourth-order valence-electron chi connectivity index (χ4n) is 2.03. The Morgan fingerprint density at radius 3 is 2.23 bits per heavy atom. The molecule has 0 saturated heterocycles. The molecule has 0 spiro atoms. The number of carboxylic acids is 1. The molecule has 8 nitrogen and oxygen atoms in total. The summed E-state index contributed by atoms with van der Waals surface area (Å²) in [4.78, 5) is 31.4. The summed E-state index contributed by atoms with van der Waals surface area (Å²) in [7, 11) is 0. The molecule has 1 N–H and O–H groups in total. The first-order valence-electron chi connectivity index (χ1n) is 6.12. The van der Waals surface area contributed by atoms with Crippen molar-refractivity contribution in [2.24, 2.45) is 0 Å². The van der Waals surface area contributed by atoms with Gasteiger partial charge in [-0.05, 0) is 17.5 Å². The third-order valence-electron chi connectivity index (χ3n) is 3.05. The van der Waals surface area contributed by atoms with Crippen molar-refractivity contribution >= 4 is 17.3 Å². The van der Waals surface area contributed by atoms with Crippen molar-refractivity contribution < 1.29 is 19.7 Å². The molecule has 2 aromatic carbocycles. The fourth-order valence-corrected chi connectivity index (χ4v) is 2.03. The topological polar surface area (TPSA) is 124 Å². The number of aromatic carboxylic acids is 1. The predicted octanol–water partition coefficient (Wildman–Crippen LogP) is 2.79. The summed E-state index contributed by atoms with van der Waals surface area (Å²) >= 11 is 0. The summed E-state index contributed by atoms with van der Waals surface area (Å²) in [6, 6.07) is 9.33. The van der Waals surface area contributed by atoms with E-state index >= 15 is 0 Å². The van der Waals surface area contributed by atoms with Crippen LogP contribution in [0.2, 0.25) is 0 Å². The van der Waals surface area contributed by atoms with Gasteiger partial charge in [0.05, 0.1) is 15.4 Å². The van der Waals surface area contributed by atoms with Gasteiger partial charge in [0.1, 0.15) is 0 Å². The van der Waals surface area contributed by atoms with Crippen molar-refractivity contribution in [2.45, 2.75) is 6.42 Å². The SMILES string of the molecule is O=C(O)c1cc([N+](=O)[O-])ccc1Cc1cccc([N+](=O)[O-])c1. The second kappa shape index (κ2) is 6.00. The molecular formula is C14H10N2O6. The monoisotopic (exact) mass is 302 g/mol. The first kappa shape index (κ1) is 15.1. The average molecular weight is 302 g/mol. The Bertz CT molecular complexity index is 772. The highest BCUT2D eigenvalue weighted by molar-refractivity contribution is 5.90. The molecule has 0 saturated carbocycles. The molecule has 0 heterocycles. The second-order valence-electron chi connectivity index (χ2n) is 4.51. The van der Waals surface area contributed by atoms with Gasteiger partial charge in [-0.2, -0.15) is 0 Å². The lowest BCUT2D eigenvalue weighted by molar-refractivity contribution is -0.385. The van der Waals surface area contributed by atoms with E-state index in [2.05, 4.69) is 0 Å². The van der Waals surface area contributed by atoms with Crippen molar-refractivity contribution in [3.8, 4) is 0 Å². The molecule has 0 atom stereocenters. The van der Waals surface area contributed by atoms with Gasteiger partial charge in [0.15, 0.2) is 0 Å². The number of carbonyl (C=O) groups is 1. The molecule has 0 bridgehead atoms. The van der Waals surface area contributed by atoms with Crippen molar-refractivity contribution in [3.05, 3.63) is 79.4 Å². The zero-order chi connectivity index (χ0) is 16.3. The van der Waals surface area contributed by atoms with Crippen LogP contribution in [0.4, 0.5) is 11.4 Å². The van der Waals surface area contributed by atoms with Crippen molar-refractivity contribution in [1.29, 1.82) is 0 Å². The Kier molecular flexibility index (Phi) is 4.12. The highest BCUT2D eigenvalue weighted by Gasteiger charge is 2.16. The number of rotatable bonds is 5. The molecule has 2 rings (SSSR count). The molecular weight excluding hydrogens is 292 g/mol. The molecule has 8 heteroatoms. The molecule has 112 valence electrons. The summed E-state index contributed by atoms with van der Waals surface area (Å²) in [5.74, 6) is -1.29. The third-order valence-corrected chi connectivity index (χ3v) is 3.05. The Hall–Kier alpha value is -3.29. The van der Waals surface area contributed by atoms with Crippen molar-refractivity contribution in [1.82, 2.24) is 0 Å². The minimum atomic E-state index is -1.29. The van der Waals surface area contributed by atoms with Gasteiger partial charge in [0.25, 0.3) is 11.4 Å². The normalized spacial score (nSPS) is 10.2. The first-order valence-corrected chi connectivity index (χ1v) is 6.12. The summed E-state index contributed by atoms with van der Waals surface area (Å²) in [5, 5.41) is 30.6. The molecule has 2 aromatic rings. The van der Waals surface area contributed by atoms with E-state index in [1.165, 1.54) is 30.3 Å². The maximum Gasteiger partial charge on any atom is 0.336 e. The number of carboxylic acid groups (broad SMARTS) is 1. The fraction of sp³-hybridized carbons (Fsp3) is 0.0714. The predicted molar refractivity (Wildman–Crippen MR) is 76.0 cm³/mol. The Morgan fingerprint density at radius 2 is 1.64 bits per heavy atom. The van der Waals surface area contributed by atoms with Crippen LogP contribution >= 0.6 is 0 Å².